The second kappa shape index (κ2) is 9.74. The second-order valence-corrected chi connectivity index (χ2v) is 8.03. The van der Waals surface area contributed by atoms with Crippen molar-refractivity contribution in [3.8, 4) is 17.0 Å². The molecule has 0 spiro atoms. The van der Waals surface area contributed by atoms with Crippen LogP contribution in [0.2, 0.25) is 0 Å². The highest BCUT2D eigenvalue weighted by atomic mass is 79.9. The predicted octanol–water partition coefficient (Wildman–Crippen LogP) is 5.48. The Balaban J connectivity index is 1.70. The van der Waals surface area contributed by atoms with Crippen molar-refractivity contribution >= 4 is 38.9 Å². The van der Waals surface area contributed by atoms with Crippen LogP contribution in [0, 0.1) is 6.92 Å². The Morgan fingerprint density at radius 2 is 1.91 bits per heavy atom. The van der Waals surface area contributed by atoms with Gasteiger partial charge in [0.05, 0.1) is 16.4 Å². The average Bonchev–Trinajstić information content (AvgIpc) is 2.78. The molecule has 4 aromatic rings. The van der Waals surface area contributed by atoms with Crippen molar-refractivity contribution in [1.82, 2.24) is 20.3 Å². The van der Waals surface area contributed by atoms with Gasteiger partial charge in [0.15, 0.2) is 5.65 Å². The number of amides is 2. The third-order valence-corrected chi connectivity index (χ3v) is 5.26. The molecule has 0 bridgehead atoms. The normalized spacial score (nSPS) is 10.7. The van der Waals surface area contributed by atoms with Crippen molar-refractivity contribution < 1.29 is 9.53 Å². The van der Waals surface area contributed by atoms with E-state index in [0.29, 0.717) is 41.6 Å². The molecular weight excluding hydrogens is 470 g/mol. The molecule has 4 rings (SSSR count). The van der Waals surface area contributed by atoms with E-state index in [1.807, 2.05) is 56.3 Å². The summed E-state index contributed by atoms with van der Waals surface area (Å²) in [7, 11) is 0. The molecule has 2 heterocycles. The Kier molecular flexibility index (Phi) is 6.61. The number of nitrogens with one attached hydrogen (secondary N) is 2. The summed E-state index contributed by atoms with van der Waals surface area (Å²) in [6.07, 6.45) is 1.71. The molecule has 0 atom stereocenters. The number of aryl methyl sites for hydroxylation is 1. The number of hydrogen-bond acceptors (Lipinski definition) is 5. The minimum Gasteiger partial charge on any atom is -0.487 e. The van der Waals surface area contributed by atoms with Gasteiger partial charge in [-0.05, 0) is 65.2 Å². The van der Waals surface area contributed by atoms with Crippen LogP contribution in [-0.2, 0) is 6.61 Å². The van der Waals surface area contributed by atoms with Gasteiger partial charge in [0.1, 0.15) is 23.7 Å². The first-order valence-corrected chi connectivity index (χ1v) is 11.0. The molecule has 2 N–H and O–H groups in total. The minimum atomic E-state index is -0.317. The lowest BCUT2D eigenvalue weighted by Crippen LogP contribution is -2.28. The third kappa shape index (κ3) is 5.03. The SMILES string of the molecule is CCNC(=O)Nc1ccc2ncc(-c3cc(C)cc(Br)c3OCc3ccccc3)nc2n1. The number of urea groups is 1. The first-order chi connectivity index (χ1) is 15.5. The number of carbonyl (C=O) groups is 1. The van der Waals surface area contributed by atoms with Gasteiger partial charge < -0.3 is 10.1 Å². The molecule has 0 saturated carbocycles. The Labute approximate surface area is 194 Å². The van der Waals surface area contributed by atoms with Crippen molar-refractivity contribution in [2.75, 3.05) is 11.9 Å². The van der Waals surface area contributed by atoms with Gasteiger partial charge in [0.25, 0.3) is 0 Å². The Morgan fingerprint density at radius 1 is 1.09 bits per heavy atom. The van der Waals surface area contributed by atoms with E-state index in [9.17, 15) is 4.79 Å². The molecule has 0 aliphatic heterocycles. The number of hydrogen-bond donors (Lipinski definition) is 2. The van der Waals surface area contributed by atoms with Crippen molar-refractivity contribution in [1.29, 1.82) is 0 Å². The molecule has 8 heteroatoms. The minimum absolute atomic E-state index is 0.317. The molecule has 0 unspecified atom stereocenters. The van der Waals surface area contributed by atoms with E-state index in [0.717, 1.165) is 21.2 Å². The number of pyridine rings is 1. The summed E-state index contributed by atoms with van der Waals surface area (Å²) >= 11 is 3.63. The monoisotopic (exact) mass is 491 g/mol. The molecule has 2 aromatic carbocycles. The Hall–Kier alpha value is -3.52. The fraction of sp³-hybridized carbons (Fsp3) is 0.167. The summed E-state index contributed by atoms with van der Waals surface area (Å²) in [5.41, 5.74) is 4.63. The second-order valence-electron chi connectivity index (χ2n) is 7.18. The Morgan fingerprint density at radius 3 is 2.69 bits per heavy atom. The summed E-state index contributed by atoms with van der Waals surface area (Å²) in [6.45, 7) is 4.81. The van der Waals surface area contributed by atoms with Crippen LogP contribution in [-0.4, -0.2) is 27.5 Å². The van der Waals surface area contributed by atoms with Crippen LogP contribution in [0.5, 0.6) is 5.75 Å². The predicted molar refractivity (Wildman–Crippen MR) is 129 cm³/mol. The van der Waals surface area contributed by atoms with Crippen LogP contribution in [0.25, 0.3) is 22.4 Å². The topological polar surface area (TPSA) is 89.0 Å². The lowest BCUT2D eigenvalue weighted by molar-refractivity contribution is 0.252. The smallest absolute Gasteiger partial charge is 0.320 e. The molecule has 162 valence electrons. The van der Waals surface area contributed by atoms with E-state index in [2.05, 4.69) is 36.5 Å². The zero-order valence-electron chi connectivity index (χ0n) is 17.7. The van der Waals surface area contributed by atoms with Crippen LogP contribution >= 0.6 is 15.9 Å². The van der Waals surface area contributed by atoms with Crippen LogP contribution in [0.1, 0.15) is 18.1 Å². The highest BCUT2D eigenvalue weighted by molar-refractivity contribution is 9.10. The first kappa shape index (κ1) is 21.7. The van der Waals surface area contributed by atoms with Crippen molar-refractivity contribution in [2.45, 2.75) is 20.5 Å². The van der Waals surface area contributed by atoms with Gasteiger partial charge in [0, 0.05) is 12.1 Å². The number of ether oxygens (including phenoxy) is 1. The average molecular weight is 492 g/mol. The lowest BCUT2D eigenvalue weighted by atomic mass is 10.1. The number of carbonyl (C=O) groups excluding carboxylic acids is 1. The third-order valence-electron chi connectivity index (χ3n) is 4.68. The standard InChI is InChI=1S/C24H22BrN5O2/c1-3-26-24(31)30-21-10-9-19-23(29-21)28-20(13-27-19)17-11-15(2)12-18(25)22(17)32-14-16-7-5-4-6-8-16/h4-13H,3,14H2,1-2H3,(H2,26,28,29,30,31). The van der Waals surface area contributed by atoms with Gasteiger partial charge in [-0.25, -0.2) is 14.8 Å². The molecule has 2 aromatic heterocycles. The van der Waals surface area contributed by atoms with E-state index in [4.69, 9.17) is 9.72 Å². The van der Waals surface area contributed by atoms with E-state index in [1.54, 1.807) is 18.3 Å². The molecule has 0 fully saturated rings. The van der Waals surface area contributed by atoms with Crippen LogP contribution < -0.4 is 15.4 Å². The molecule has 0 saturated heterocycles. The summed E-state index contributed by atoms with van der Waals surface area (Å²) in [5.74, 6) is 1.09. The van der Waals surface area contributed by atoms with E-state index in [-0.39, 0.29) is 6.03 Å². The van der Waals surface area contributed by atoms with Crippen molar-refractivity contribution in [3.63, 3.8) is 0 Å². The highest BCUT2D eigenvalue weighted by Crippen LogP contribution is 2.37. The quantitative estimate of drug-likeness (QED) is 0.372. The summed E-state index contributed by atoms with van der Waals surface area (Å²) in [6, 6.07) is 17.2. The Bertz CT molecular complexity index is 1260. The van der Waals surface area contributed by atoms with Crippen LogP contribution in [0.4, 0.5) is 10.6 Å². The molecule has 0 aliphatic carbocycles. The first-order valence-electron chi connectivity index (χ1n) is 10.2. The molecular formula is C24H22BrN5O2. The largest absolute Gasteiger partial charge is 0.487 e. The fourth-order valence-corrected chi connectivity index (χ4v) is 3.90. The molecule has 7 nitrogen and oxygen atoms in total. The molecule has 0 aliphatic rings. The molecule has 0 radical (unpaired) electrons. The summed E-state index contributed by atoms with van der Waals surface area (Å²) in [5, 5.41) is 5.38. The number of halogens is 1. The zero-order valence-corrected chi connectivity index (χ0v) is 19.3. The van der Waals surface area contributed by atoms with Gasteiger partial charge in [-0.3, -0.25) is 10.3 Å². The number of benzene rings is 2. The number of anilines is 1. The summed E-state index contributed by atoms with van der Waals surface area (Å²) < 4.78 is 7.02. The zero-order chi connectivity index (χ0) is 22.5. The van der Waals surface area contributed by atoms with Crippen LogP contribution in [0.3, 0.4) is 0 Å². The summed E-state index contributed by atoms with van der Waals surface area (Å²) in [4.78, 5) is 25.5. The van der Waals surface area contributed by atoms with Crippen molar-refractivity contribution in [2.24, 2.45) is 0 Å². The number of aromatic nitrogens is 3. The van der Waals surface area contributed by atoms with Crippen LogP contribution in [0.15, 0.2) is 65.3 Å². The van der Waals surface area contributed by atoms with E-state index < -0.39 is 0 Å². The van der Waals surface area contributed by atoms with Gasteiger partial charge in [-0.15, -0.1) is 0 Å². The van der Waals surface area contributed by atoms with Gasteiger partial charge in [-0.1, -0.05) is 30.3 Å². The lowest BCUT2D eigenvalue weighted by Gasteiger charge is -2.15. The number of rotatable bonds is 6. The van der Waals surface area contributed by atoms with Gasteiger partial charge >= 0.3 is 6.03 Å². The van der Waals surface area contributed by atoms with Gasteiger partial charge in [-0.2, -0.15) is 0 Å². The fourth-order valence-electron chi connectivity index (χ4n) is 3.21. The molecule has 2 amide bonds. The van der Waals surface area contributed by atoms with E-state index in [1.165, 1.54) is 0 Å². The molecule has 32 heavy (non-hydrogen) atoms. The number of nitrogens with zero attached hydrogens (tertiary/aromatic N) is 3. The van der Waals surface area contributed by atoms with Gasteiger partial charge in [0.2, 0.25) is 0 Å². The maximum atomic E-state index is 11.8. The van der Waals surface area contributed by atoms with Crippen molar-refractivity contribution in [3.05, 3.63) is 76.4 Å². The van der Waals surface area contributed by atoms with E-state index >= 15 is 0 Å². The maximum absolute atomic E-state index is 11.8. The maximum Gasteiger partial charge on any atom is 0.320 e. The number of fused-ring (bicyclic) bond motifs is 1. The highest BCUT2D eigenvalue weighted by Gasteiger charge is 2.15.